The van der Waals surface area contributed by atoms with Gasteiger partial charge in [0.05, 0.1) is 0 Å². The van der Waals surface area contributed by atoms with Gasteiger partial charge in [0.15, 0.2) is 0 Å². The molecule has 0 saturated carbocycles. The van der Waals surface area contributed by atoms with E-state index >= 15 is 0 Å². The Morgan fingerprint density at radius 1 is 1.47 bits per heavy atom. The lowest BCUT2D eigenvalue weighted by molar-refractivity contribution is 0.538. The van der Waals surface area contributed by atoms with Crippen molar-refractivity contribution in [2.75, 3.05) is 6.54 Å². The molecule has 3 heteroatoms. The Bertz CT molecular complexity index is 390. The number of rotatable bonds is 6. The second-order valence-corrected chi connectivity index (χ2v) is 4.94. The molecule has 0 aliphatic heterocycles. The molecule has 1 rings (SSSR count). The molecule has 0 aromatic heterocycles. The van der Waals surface area contributed by atoms with Gasteiger partial charge >= 0.3 is 0 Å². The maximum Gasteiger partial charge on any atom is 0.124 e. The minimum atomic E-state index is -0.217. The Hall–Kier alpha value is -0.670. The molecule has 0 amide bonds. The molecule has 0 saturated heterocycles. The van der Waals surface area contributed by atoms with Crippen molar-refractivity contribution in [1.82, 2.24) is 5.32 Å². The molecule has 0 heterocycles. The average Bonchev–Trinajstić information content (AvgIpc) is 2.28. The molecule has 0 aliphatic rings. The zero-order valence-corrected chi connectivity index (χ0v) is 12.0. The zero-order valence-electron chi connectivity index (χ0n) is 10.4. The second-order valence-electron chi connectivity index (χ2n) is 4.08. The molecular weight excluding hydrogens is 281 g/mol. The van der Waals surface area contributed by atoms with Crippen LogP contribution in [0.2, 0.25) is 0 Å². The van der Waals surface area contributed by atoms with Crippen LogP contribution in [0.1, 0.15) is 38.3 Å². The average molecular weight is 300 g/mol. The van der Waals surface area contributed by atoms with Crippen molar-refractivity contribution in [3.63, 3.8) is 0 Å². The largest absolute Gasteiger partial charge is 0.310 e. The first-order chi connectivity index (χ1) is 8.08. The first kappa shape index (κ1) is 14.4. The maximum absolute atomic E-state index is 13.1. The molecule has 0 bridgehead atoms. The summed E-state index contributed by atoms with van der Waals surface area (Å²) in [6, 6.07) is 5.03. The summed E-state index contributed by atoms with van der Waals surface area (Å²) in [5, 5.41) is 3.41. The Morgan fingerprint density at radius 3 is 2.71 bits per heavy atom. The van der Waals surface area contributed by atoms with Gasteiger partial charge < -0.3 is 5.32 Å². The third kappa shape index (κ3) is 4.25. The lowest BCUT2D eigenvalue weighted by Crippen LogP contribution is -2.21. The number of halogens is 2. The maximum atomic E-state index is 13.1. The van der Waals surface area contributed by atoms with E-state index in [1.165, 1.54) is 17.7 Å². The topological polar surface area (TPSA) is 12.0 Å². The molecule has 17 heavy (non-hydrogen) atoms. The van der Waals surface area contributed by atoms with E-state index in [1.807, 2.05) is 6.07 Å². The van der Waals surface area contributed by atoms with Crippen LogP contribution in [0.25, 0.3) is 0 Å². The van der Waals surface area contributed by atoms with Gasteiger partial charge in [0.25, 0.3) is 0 Å². The highest BCUT2D eigenvalue weighted by Crippen LogP contribution is 2.28. The molecule has 94 valence electrons. The van der Waals surface area contributed by atoms with Crippen LogP contribution in [0, 0.1) is 5.82 Å². The predicted octanol–water partition coefficient (Wildman–Crippen LogP) is 4.60. The molecule has 1 atom stereocenters. The highest BCUT2D eigenvalue weighted by molar-refractivity contribution is 9.10. The van der Waals surface area contributed by atoms with Crippen LogP contribution in [0.5, 0.6) is 0 Å². The summed E-state index contributed by atoms with van der Waals surface area (Å²) in [5.41, 5.74) is 2.29. The lowest BCUT2D eigenvalue weighted by Gasteiger charge is -2.20. The van der Waals surface area contributed by atoms with Crippen LogP contribution in [-0.4, -0.2) is 6.54 Å². The van der Waals surface area contributed by atoms with Gasteiger partial charge in [-0.25, -0.2) is 4.39 Å². The van der Waals surface area contributed by atoms with Gasteiger partial charge in [-0.15, -0.1) is 0 Å². The molecule has 0 fully saturated rings. The minimum absolute atomic E-state index is 0.197. The number of benzene rings is 1. The van der Waals surface area contributed by atoms with Crippen LogP contribution in [0.4, 0.5) is 4.39 Å². The molecule has 0 radical (unpaired) electrons. The minimum Gasteiger partial charge on any atom is -0.310 e. The van der Waals surface area contributed by atoms with E-state index < -0.39 is 0 Å². The van der Waals surface area contributed by atoms with Crippen molar-refractivity contribution in [2.24, 2.45) is 0 Å². The summed E-state index contributed by atoms with van der Waals surface area (Å²) in [7, 11) is 0. The second kappa shape index (κ2) is 6.92. The summed E-state index contributed by atoms with van der Waals surface area (Å²) in [4.78, 5) is 0. The van der Waals surface area contributed by atoms with Crippen molar-refractivity contribution >= 4 is 15.9 Å². The summed E-state index contributed by atoms with van der Waals surface area (Å²) < 4.78 is 13.9. The molecular formula is C14H19BrFN. The smallest absolute Gasteiger partial charge is 0.124 e. The van der Waals surface area contributed by atoms with Crippen LogP contribution >= 0.6 is 15.9 Å². The summed E-state index contributed by atoms with van der Waals surface area (Å²) in [6.45, 7) is 9.09. The van der Waals surface area contributed by atoms with Gasteiger partial charge in [0.2, 0.25) is 0 Å². The van der Waals surface area contributed by atoms with E-state index in [0.29, 0.717) is 0 Å². The van der Waals surface area contributed by atoms with Crippen molar-refractivity contribution < 1.29 is 4.39 Å². The van der Waals surface area contributed by atoms with E-state index in [-0.39, 0.29) is 11.9 Å². The number of hydrogen-bond acceptors (Lipinski definition) is 1. The van der Waals surface area contributed by atoms with Crippen LogP contribution in [0.15, 0.2) is 34.8 Å². The van der Waals surface area contributed by atoms with Crippen LogP contribution in [-0.2, 0) is 0 Å². The number of nitrogens with one attached hydrogen (secondary N) is 1. The predicted molar refractivity (Wildman–Crippen MR) is 74.6 cm³/mol. The van der Waals surface area contributed by atoms with Crippen LogP contribution in [0.3, 0.4) is 0 Å². The van der Waals surface area contributed by atoms with Gasteiger partial charge in [0.1, 0.15) is 5.82 Å². The van der Waals surface area contributed by atoms with Crippen molar-refractivity contribution in [3.05, 3.63) is 46.2 Å². The zero-order chi connectivity index (χ0) is 12.8. The molecule has 0 spiro atoms. The fraction of sp³-hybridized carbons (Fsp3) is 0.429. The van der Waals surface area contributed by atoms with Crippen molar-refractivity contribution in [2.45, 2.75) is 32.7 Å². The summed E-state index contributed by atoms with van der Waals surface area (Å²) >= 11 is 3.42. The van der Waals surface area contributed by atoms with Crippen LogP contribution < -0.4 is 5.32 Å². The Morgan fingerprint density at radius 2 is 2.18 bits per heavy atom. The quantitative estimate of drug-likeness (QED) is 0.757. The highest BCUT2D eigenvalue weighted by atomic mass is 79.9. The van der Waals surface area contributed by atoms with E-state index in [4.69, 9.17) is 0 Å². The molecule has 1 unspecified atom stereocenters. The van der Waals surface area contributed by atoms with Gasteiger partial charge in [-0.2, -0.15) is 0 Å². The number of hydrogen-bond donors (Lipinski definition) is 1. The summed E-state index contributed by atoms with van der Waals surface area (Å²) in [6.07, 6.45) is 1.86. The molecule has 1 aromatic carbocycles. The molecule has 1 nitrogen and oxygen atoms in total. The molecule has 1 aromatic rings. The van der Waals surface area contributed by atoms with E-state index in [9.17, 15) is 4.39 Å². The summed E-state index contributed by atoms with van der Waals surface area (Å²) in [5.74, 6) is -0.217. The van der Waals surface area contributed by atoms with Gasteiger partial charge in [0, 0.05) is 10.5 Å². The third-order valence-electron chi connectivity index (χ3n) is 2.78. The fourth-order valence-electron chi connectivity index (χ4n) is 1.76. The van der Waals surface area contributed by atoms with Gasteiger partial charge in [-0.05, 0) is 37.1 Å². The van der Waals surface area contributed by atoms with E-state index in [0.717, 1.165) is 29.4 Å². The monoisotopic (exact) mass is 299 g/mol. The van der Waals surface area contributed by atoms with E-state index in [2.05, 4.69) is 41.7 Å². The Kier molecular flexibility index (Phi) is 5.86. The Labute approximate surface area is 111 Å². The first-order valence-corrected chi connectivity index (χ1v) is 6.72. The highest BCUT2D eigenvalue weighted by Gasteiger charge is 2.14. The first-order valence-electron chi connectivity index (χ1n) is 5.93. The van der Waals surface area contributed by atoms with Crippen molar-refractivity contribution in [3.8, 4) is 0 Å². The third-order valence-corrected chi connectivity index (χ3v) is 3.47. The molecule has 0 aliphatic carbocycles. The normalized spacial score (nSPS) is 12.5. The lowest BCUT2D eigenvalue weighted by atomic mass is 9.98. The van der Waals surface area contributed by atoms with Gasteiger partial charge in [-0.1, -0.05) is 48.0 Å². The fourth-order valence-corrected chi connectivity index (χ4v) is 2.38. The van der Waals surface area contributed by atoms with E-state index in [1.54, 1.807) is 0 Å². The SMILES string of the molecule is C=C(CC)CC(NCC)c1ccc(F)cc1Br. The van der Waals surface area contributed by atoms with Gasteiger partial charge in [-0.3, -0.25) is 0 Å². The van der Waals surface area contributed by atoms with Crippen molar-refractivity contribution in [1.29, 1.82) is 0 Å². The molecule has 1 N–H and O–H groups in total. The Balaban J connectivity index is 2.92. The standard InChI is InChI=1S/C14H19BrFN/c1-4-10(3)8-14(17-5-2)12-7-6-11(16)9-13(12)15/h6-7,9,14,17H,3-5,8H2,1-2H3.